The normalized spacial score (nSPS) is 10.2. The maximum absolute atomic E-state index is 12.9. The first kappa shape index (κ1) is 12.1. The lowest BCUT2D eigenvalue weighted by atomic mass is 10.2. The second kappa shape index (κ2) is 4.85. The van der Waals surface area contributed by atoms with E-state index in [1.54, 1.807) is 11.4 Å². The van der Waals surface area contributed by atoms with Crippen molar-refractivity contribution in [3.05, 3.63) is 44.8 Å². The summed E-state index contributed by atoms with van der Waals surface area (Å²) < 4.78 is 13.8. The zero-order valence-electron chi connectivity index (χ0n) is 8.54. The molecule has 0 bridgehead atoms. The maximum Gasteiger partial charge on any atom is 0.256 e. The summed E-state index contributed by atoms with van der Waals surface area (Å²) in [6, 6.07) is 5.78. The number of hydrogen-bond donors (Lipinski definition) is 2. The first-order chi connectivity index (χ1) is 8.06. The molecule has 0 aliphatic heterocycles. The smallest absolute Gasteiger partial charge is 0.256 e. The molecule has 0 radical (unpaired) electrons. The van der Waals surface area contributed by atoms with Gasteiger partial charge < -0.3 is 11.1 Å². The average Bonchev–Trinajstić information content (AvgIpc) is 2.70. The van der Waals surface area contributed by atoms with Gasteiger partial charge in [0.25, 0.3) is 5.91 Å². The maximum atomic E-state index is 12.9. The highest BCUT2D eigenvalue weighted by atomic mass is 79.9. The molecule has 0 spiro atoms. The SMILES string of the molecule is Nc1cc(NC(=O)c2csc(Br)c2)ccc1F. The Morgan fingerprint density at radius 1 is 1.41 bits per heavy atom. The summed E-state index contributed by atoms with van der Waals surface area (Å²) in [6.45, 7) is 0. The zero-order valence-corrected chi connectivity index (χ0v) is 10.9. The summed E-state index contributed by atoms with van der Waals surface area (Å²) in [4.78, 5) is 11.8. The quantitative estimate of drug-likeness (QED) is 0.834. The monoisotopic (exact) mass is 314 g/mol. The van der Waals surface area contributed by atoms with Crippen LogP contribution >= 0.6 is 27.3 Å². The van der Waals surface area contributed by atoms with Gasteiger partial charge in [0.1, 0.15) is 5.82 Å². The van der Waals surface area contributed by atoms with E-state index in [1.807, 2.05) is 0 Å². The molecule has 3 N–H and O–H groups in total. The van der Waals surface area contributed by atoms with E-state index in [1.165, 1.54) is 29.5 Å². The zero-order chi connectivity index (χ0) is 12.4. The highest BCUT2D eigenvalue weighted by molar-refractivity contribution is 9.11. The van der Waals surface area contributed by atoms with Crippen molar-refractivity contribution < 1.29 is 9.18 Å². The fourth-order valence-electron chi connectivity index (χ4n) is 1.25. The van der Waals surface area contributed by atoms with Crippen molar-refractivity contribution in [3.8, 4) is 0 Å². The molecule has 1 heterocycles. The molecule has 0 fully saturated rings. The van der Waals surface area contributed by atoms with Gasteiger partial charge in [0.15, 0.2) is 0 Å². The first-order valence-electron chi connectivity index (χ1n) is 4.66. The van der Waals surface area contributed by atoms with Crippen molar-refractivity contribution >= 4 is 44.5 Å². The molecule has 6 heteroatoms. The van der Waals surface area contributed by atoms with Gasteiger partial charge in [-0.15, -0.1) is 11.3 Å². The Morgan fingerprint density at radius 2 is 2.18 bits per heavy atom. The van der Waals surface area contributed by atoms with Crippen LogP contribution in [-0.4, -0.2) is 5.91 Å². The molecule has 2 aromatic rings. The van der Waals surface area contributed by atoms with Crippen LogP contribution in [0.25, 0.3) is 0 Å². The third-order valence-corrected chi connectivity index (χ3v) is 3.59. The largest absolute Gasteiger partial charge is 0.396 e. The van der Waals surface area contributed by atoms with Crippen molar-refractivity contribution in [1.82, 2.24) is 0 Å². The highest BCUT2D eigenvalue weighted by Gasteiger charge is 2.09. The van der Waals surface area contributed by atoms with Crippen LogP contribution in [0.4, 0.5) is 15.8 Å². The van der Waals surface area contributed by atoms with Crippen molar-refractivity contribution in [3.63, 3.8) is 0 Å². The molecule has 0 aliphatic carbocycles. The Bertz CT molecular complexity index is 570. The summed E-state index contributed by atoms with van der Waals surface area (Å²) >= 11 is 4.70. The first-order valence-corrected chi connectivity index (χ1v) is 6.34. The van der Waals surface area contributed by atoms with Gasteiger partial charge in [-0.05, 0) is 40.2 Å². The van der Waals surface area contributed by atoms with E-state index in [4.69, 9.17) is 5.73 Å². The van der Waals surface area contributed by atoms with Crippen LogP contribution in [0.5, 0.6) is 0 Å². The van der Waals surface area contributed by atoms with Gasteiger partial charge in [0, 0.05) is 11.1 Å². The Balaban J connectivity index is 2.15. The topological polar surface area (TPSA) is 55.1 Å². The minimum atomic E-state index is -0.499. The predicted molar refractivity (Wildman–Crippen MR) is 70.8 cm³/mol. The fourth-order valence-corrected chi connectivity index (χ4v) is 2.39. The number of rotatable bonds is 2. The summed E-state index contributed by atoms with van der Waals surface area (Å²) in [5.74, 6) is -0.751. The number of carbonyl (C=O) groups is 1. The van der Waals surface area contributed by atoms with Gasteiger partial charge in [-0.1, -0.05) is 0 Å². The predicted octanol–water partition coefficient (Wildman–Crippen LogP) is 3.48. The standard InChI is InChI=1S/C11H8BrFN2OS/c12-10-3-6(5-17-10)11(16)15-7-1-2-8(13)9(14)4-7/h1-5H,14H2,(H,15,16). The molecule has 0 unspecified atom stereocenters. The van der Waals surface area contributed by atoms with E-state index in [-0.39, 0.29) is 11.6 Å². The van der Waals surface area contributed by atoms with Crippen molar-refractivity contribution in [2.45, 2.75) is 0 Å². The number of halogens is 2. The Morgan fingerprint density at radius 3 is 2.76 bits per heavy atom. The van der Waals surface area contributed by atoms with Crippen LogP contribution < -0.4 is 11.1 Å². The second-order valence-electron chi connectivity index (χ2n) is 3.33. The molecular formula is C11H8BrFN2OS. The molecule has 0 atom stereocenters. The highest BCUT2D eigenvalue weighted by Crippen LogP contribution is 2.22. The summed E-state index contributed by atoms with van der Waals surface area (Å²) in [6.07, 6.45) is 0. The summed E-state index contributed by atoms with van der Waals surface area (Å²) in [7, 11) is 0. The molecule has 0 saturated heterocycles. The molecule has 88 valence electrons. The third kappa shape index (κ3) is 2.83. The third-order valence-electron chi connectivity index (χ3n) is 2.08. The minimum absolute atomic E-state index is 0.00861. The fraction of sp³-hybridized carbons (Fsp3) is 0. The van der Waals surface area contributed by atoms with Crippen LogP contribution in [0, 0.1) is 5.82 Å². The minimum Gasteiger partial charge on any atom is -0.396 e. The Labute approximate surface area is 110 Å². The van der Waals surface area contributed by atoms with E-state index in [9.17, 15) is 9.18 Å². The van der Waals surface area contributed by atoms with Crippen LogP contribution in [0.2, 0.25) is 0 Å². The van der Waals surface area contributed by atoms with Crippen LogP contribution in [0.1, 0.15) is 10.4 Å². The van der Waals surface area contributed by atoms with E-state index < -0.39 is 5.82 Å². The summed E-state index contributed by atoms with van der Waals surface area (Å²) in [5.41, 5.74) is 6.43. The molecule has 17 heavy (non-hydrogen) atoms. The number of benzene rings is 1. The van der Waals surface area contributed by atoms with Crippen LogP contribution in [0.15, 0.2) is 33.4 Å². The lowest BCUT2D eigenvalue weighted by Gasteiger charge is -2.05. The van der Waals surface area contributed by atoms with E-state index >= 15 is 0 Å². The van der Waals surface area contributed by atoms with Crippen molar-refractivity contribution in [2.24, 2.45) is 0 Å². The van der Waals surface area contributed by atoms with Crippen molar-refractivity contribution in [2.75, 3.05) is 11.1 Å². The van der Waals surface area contributed by atoms with E-state index in [0.717, 1.165) is 3.79 Å². The van der Waals surface area contributed by atoms with Gasteiger partial charge in [0.2, 0.25) is 0 Å². The number of thiophene rings is 1. The lowest BCUT2D eigenvalue weighted by molar-refractivity contribution is 0.102. The Kier molecular flexibility index (Phi) is 3.44. The molecular weight excluding hydrogens is 307 g/mol. The number of anilines is 2. The second-order valence-corrected chi connectivity index (χ2v) is 5.62. The number of hydrogen-bond acceptors (Lipinski definition) is 3. The Hall–Kier alpha value is -1.40. The summed E-state index contributed by atoms with van der Waals surface area (Å²) in [5, 5.41) is 4.37. The number of nitrogens with two attached hydrogens (primary N) is 1. The van der Waals surface area contributed by atoms with Gasteiger partial charge in [0.05, 0.1) is 15.0 Å². The molecule has 2 rings (SSSR count). The number of carbonyl (C=O) groups excluding carboxylic acids is 1. The lowest BCUT2D eigenvalue weighted by Crippen LogP contribution is -2.11. The molecule has 1 amide bonds. The number of nitrogens with one attached hydrogen (secondary N) is 1. The van der Waals surface area contributed by atoms with Crippen LogP contribution in [0.3, 0.4) is 0 Å². The van der Waals surface area contributed by atoms with Gasteiger partial charge in [-0.25, -0.2) is 4.39 Å². The van der Waals surface area contributed by atoms with E-state index in [0.29, 0.717) is 11.3 Å². The van der Waals surface area contributed by atoms with Gasteiger partial charge in [-0.2, -0.15) is 0 Å². The molecule has 1 aromatic heterocycles. The van der Waals surface area contributed by atoms with E-state index in [2.05, 4.69) is 21.2 Å². The number of nitrogen functional groups attached to an aromatic ring is 1. The molecule has 0 aliphatic rings. The van der Waals surface area contributed by atoms with Gasteiger partial charge >= 0.3 is 0 Å². The number of amides is 1. The van der Waals surface area contributed by atoms with Crippen molar-refractivity contribution in [1.29, 1.82) is 0 Å². The molecule has 0 saturated carbocycles. The molecule has 3 nitrogen and oxygen atoms in total. The average molecular weight is 315 g/mol. The van der Waals surface area contributed by atoms with Crippen LogP contribution in [-0.2, 0) is 0 Å². The molecule has 1 aromatic carbocycles. The van der Waals surface area contributed by atoms with Gasteiger partial charge in [-0.3, -0.25) is 4.79 Å².